The molecular formula is C24H25N5O3S2. The van der Waals surface area contributed by atoms with Gasteiger partial charge in [-0.05, 0) is 55.2 Å². The quantitative estimate of drug-likeness (QED) is 0.472. The van der Waals surface area contributed by atoms with Crippen LogP contribution < -0.4 is 10.6 Å². The van der Waals surface area contributed by atoms with Gasteiger partial charge in [-0.15, -0.1) is 22.7 Å². The van der Waals surface area contributed by atoms with Crippen LogP contribution in [-0.2, 0) is 36.0 Å². The first kappa shape index (κ1) is 23.7. The number of amides is 2. The van der Waals surface area contributed by atoms with Crippen LogP contribution in [0.3, 0.4) is 0 Å². The first-order valence-electron chi connectivity index (χ1n) is 10.9. The maximum atomic E-state index is 12.4. The third-order valence-corrected chi connectivity index (χ3v) is 7.65. The number of ether oxygens (including phenoxy) is 1. The van der Waals surface area contributed by atoms with Crippen molar-refractivity contribution >= 4 is 45.8 Å². The highest BCUT2D eigenvalue weighted by atomic mass is 32.1. The van der Waals surface area contributed by atoms with Crippen LogP contribution in [0.5, 0.6) is 0 Å². The second kappa shape index (κ2) is 10.7. The highest BCUT2D eigenvalue weighted by Gasteiger charge is 2.27. The van der Waals surface area contributed by atoms with E-state index >= 15 is 0 Å². The molecule has 34 heavy (non-hydrogen) atoms. The Morgan fingerprint density at radius 3 is 3.00 bits per heavy atom. The van der Waals surface area contributed by atoms with E-state index in [0.717, 1.165) is 39.4 Å². The molecule has 0 bridgehead atoms. The molecule has 2 amide bonds. The van der Waals surface area contributed by atoms with Crippen molar-refractivity contribution < 1.29 is 14.3 Å². The smallest absolute Gasteiger partial charge is 0.407 e. The molecule has 0 radical (unpaired) electrons. The highest BCUT2D eigenvalue weighted by Crippen LogP contribution is 2.39. The number of alkyl carbamates (subject to hydrolysis) is 1. The van der Waals surface area contributed by atoms with Crippen molar-refractivity contribution in [2.45, 2.75) is 32.7 Å². The molecule has 8 nitrogen and oxygen atoms in total. The molecule has 4 rings (SSSR count). The summed E-state index contributed by atoms with van der Waals surface area (Å²) in [6.07, 6.45) is 6.91. The Morgan fingerprint density at radius 1 is 1.44 bits per heavy atom. The number of nitriles is 1. The number of aryl methyl sites for hydroxylation is 2. The number of fused-ring (bicyclic) bond motifs is 1. The summed E-state index contributed by atoms with van der Waals surface area (Å²) in [7, 11) is 1.84. The number of hydrogen-bond acceptors (Lipinski definition) is 7. The van der Waals surface area contributed by atoms with Crippen LogP contribution in [0.15, 0.2) is 29.8 Å². The second-order valence-corrected chi connectivity index (χ2v) is 10.2. The van der Waals surface area contributed by atoms with Crippen molar-refractivity contribution in [1.82, 2.24) is 15.1 Å². The molecule has 3 aromatic rings. The lowest BCUT2D eigenvalue weighted by molar-refractivity contribution is -0.111. The lowest BCUT2D eigenvalue weighted by Gasteiger charge is -2.21. The third kappa shape index (κ3) is 5.73. The van der Waals surface area contributed by atoms with Gasteiger partial charge in [0.1, 0.15) is 11.1 Å². The summed E-state index contributed by atoms with van der Waals surface area (Å²) in [4.78, 5) is 26.6. The van der Waals surface area contributed by atoms with Gasteiger partial charge in [0, 0.05) is 41.2 Å². The molecule has 0 saturated carbocycles. The number of carbonyl (C=O) groups is 2. The van der Waals surface area contributed by atoms with E-state index in [1.807, 2.05) is 37.7 Å². The fourth-order valence-electron chi connectivity index (χ4n) is 3.93. The number of thiophene rings is 2. The van der Waals surface area contributed by atoms with Crippen molar-refractivity contribution in [2.75, 3.05) is 11.9 Å². The van der Waals surface area contributed by atoms with Crippen molar-refractivity contribution in [2.24, 2.45) is 13.0 Å². The summed E-state index contributed by atoms with van der Waals surface area (Å²) in [5.74, 6) is -0.0882. The van der Waals surface area contributed by atoms with Crippen LogP contribution in [-0.4, -0.2) is 28.4 Å². The third-order valence-electron chi connectivity index (χ3n) is 5.65. The van der Waals surface area contributed by atoms with Crippen molar-refractivity contribution in [1.29, 1.82) is 5.26 Å². The average molecular weight is 496 g/mol. The Balaban J connectivity index is 1.31. The van der Waals surface area contributed by atoms with Gasteiger partial charge in [0.2, 0.25) is 5.91 Å². The van der Waals surface area contributed by atoms with Crippen LogP contribution in [0.25, 0.3) is 6.08 Å². The molecule has 176 valence electrons. The fourth-order valence-corrected chi connectivity index (χ4v) is 5.87. The van der Waals surface area contributed by atoms with E-state index in [1.54, 1.807) is 22.1 Å². The van der Waals surface area contributed by atoms with Crippen LogP contribution in [0.1, 0.15) is 38.6 Å². The number of hydrogen-bond donors (Lipinski definition) is 2. The van der Waals surface area contributed by atoms with Gasteiger partial charge in [0.25, 0.3) is 0 Å². The van der Waals surface area contributed by atoms with Gasteiger partial charge >= 0.3 is 6.09 Å². The predicted octanol–water partition coefficient (Wildman–Crippen LogP) is 4.41. The maximum Gasteiger partial charge on any atom is 0.407 e. The zero-order valence-corrected chi connectivity index (χ0v) is 20.6. The molecular weight excluding hydrogens is 470 g/mol. The zero-order valence-electron chi connectivity index (χ0n) is 19.0. The predicted molar refractivity (Wildman–Crippen MR) is 133 cm³/mol. The zero-order chi connectivity index (χ0) is 24.1. The molecule has 10 heteroatoms. The SMILES string of the molecule is Cc1nn(C)cc1CNC(=O)OCC1CCc2c(sc(NC(=O)/C=C/c3cccs3)c2C#N)C1. The Bertz CT molecular complexity index is 1250. The summed E-state index contributed by atoms with van der Waals surface area (Å²) in [5.41, 5.74) is 3.36. The summed E-state index contributed by atoms with van der Waals surface area (Å²) in [6, 6.07) is 6.11. The minimum atomic E-state index is -0.455. The molecule has 0 aromatic carbocycles. The summed E-state index contributed by atoms with van der Waals surface area (Å²) < 4.78 is 7.16. The summed E-state index contributed by atoms with van der Waals surface area (Å²) in [6.45, 7) is 2.57. The van der Waals surface area contributed by atoms with Crippen LogP contribution >= 0.6 is 22.7 Å². The van der Waals surface area contributed by atoms with E-state index < -0.39 is 6.09 Å². The molecule has 3 aromatic heterocycles. The monoisotopic (exact) mass is 495 g/mol. The molecule has 1 atom stereocenters. The van der Waals surface area contributed by atoms with E-state index in [2.05, 4.69) is 21.8 Å². The normalized spacial score (nSPS) is 15.0. The summed E-state index contributed by atoms with van der Waals surface area (Å²) in [5, 5.41) is 22.1. The van der Waals surface area contributed by atoms with Gasteiger partial charge in [-0.3, -0.25) is 9.48 Å². The first-order valence-corrected chi connectivity index (χ1v) is 12.6. The second-order valence-electron chi connectivity index (χ2n) is 8.13. The van der Waals surface area contributed by atoms with Gasteiger partial charge in [-0.2, -0.15) is 10.4 Å². The van der Waals surface area contributed by atoms with E-state index in [-0.39, 0.29) is 11.8 Å². The highest BCUT2D eigenvalue weighted by molar-refractivity contribution is 7.16. The average Bonchev–Trinajstić information content (AvgIpc) is 3.53. The molecule has 0 fully saturated rings. The van der Waals surface area contributed by atoms with Crippen molar-refractivity contribution in [3.05, 3.63) is 61.9 Å². The van der Waals surface area contributed by atoms with Crippen LogP contribution in [0.2, 0.25) is 0 Å². The molecule has 2 N–H and O–H groups in total. The molecule has 0 aliphatic heterocycles. The lowest BCUT2D eigenvalue weighted by atomic mass is 9.88. The Labute approximate surface area is 205 Å². The summed E-state index contributed by atoms with van der Waals surface area (Å²) >= 11 is 2.99. The number of nitrogens with zero attached hydrogens (tertiary/aromatic N) is 3. The number of nitrogens with one attached hydrogen (secondary N) is 2. The molecule has 1 aliphatic carbocycles. The van der Waals surface area contributed by atoms with Gasteiger partial charge in [-0.1, -0.05) is 6.07 Å². The lowest BCUT2D eigenvalue weighted by Crippen LogP contribution is -2.27. The number of anilines is 1. The van der Waals surface area contributed by atoms with Crippen molar-refractivity contribution in [3.63, 3.8) is 0 Å². The minimum Gasteiger partial charge on any atom is -0.449 e. The van der Waals surface area contributed by atoms with E-state index in [0.29, 0.717) is 30.1 Å². The largest absolute Gasteiger partial charge is 0.449 e. The van der Waals surface area contributed by atoms with E-state index in [4.69, 9.17) is 4.74 Å². The molecule has 0 spiro atoms. The van der Waals surface area contributed by atoms with Crippen molar-refractivity contribution in [3.8, 4) is 6.07 Å². The molecule has 0 saturated heterocycles. The first-order chi connectivity index (χ1) is 16.4. The van der Waals surface area contributed by atoms with Gasteiger partial charge in [0.05, 0.1) is 17.9 Å². The van der Waals surface area contributed by atoms with Gasteiger partial charge in [-0.25, -0.2) is 4.79 Å². The van der Waals surface area contributed by atoms with Crippen LogP contribution in [0, 0.1) is 24.2 Å². The van der Waals surface area contributed by atoms with E-state index in [1.165, 1.54) is 17.4 Å². The standard InChI is InChI=1S/C24H25N5O3S2/c1-15-17(13-29(2)28-15)12-26-24(31)32-14-16-5-7-19-20(11-25)23(34-21(19)10-16)27-22(30)8-6-18-4-3-9-33-18/h3-4,6,8-9,13,16H,5,7,10,12,14H2,1-2H3,(H,26,31)(H,27,30)/b8-6+. The Hall–Kier alpha value is -3.42. The number of aromatic nitrogens is 2. The minimum absolute atomic E-state index is 0.172. The van der Waals surface area contributed by atoms with Crippen LogP contribution in [0.4, 0.5) is 9.80 Å². The Kier molecular flexibility index (Phi) is 7.45. The molecule has 1 unspecified atom stereocenters. The molecule has 3 heterocycles. The van der Waals surface area contributed by atoms with Gasteiger partial charge < -0.3 is 15.4 Å². The fraction of sp³-hybridized carbons (Fsp3) is 0.333. The van der Waals surface area contributed by atoms with Gasteiger partial charge in [0.15, 0.2) is 0 Å². The molecule has 1 aliphatic rings. The Morgan fingerprint density at radius 2 is 2.29 bits per heavy atom. The van der Waals surface area contributed by atoms with E-state index in [9.17, 15) is 14.9 Å². The topological polar surface area (TPSA) is 109 Å². The maximum absolute atomic E-state index is 12.4. The number of carbonyl (C=O) groups excluding carboxylic acids is 2. The number of rotatable bonds is 7.